The minimum atomic E-state index is -0.871. The van der Waals surface area contributed by atoms with E-state index in [1.807, 2.05) is 0 Å². The normalized spacial score (nSPS) is 11.9. The van der Waals surface area contributed by atoms with Crippen molar-refractivity contribution in [1.29, 1.82) is 0 Å². The zero-order chi connectivity index (χ0) is 11.4. The van der Waals surface area contributed by atoms with Gasteiger partial charge in [-0.1, -0.05) is 6.07 Å². The van der Waals surface area contributed by atoms with Crippen LogP contribution in [-0.4, -0.2) is 25.3 Å². The number of aromatic hydroxyl groups is 1. The third-order valence-electron chi connectivity index (χ3n) is 2.02. The molecule has 82 valence electrons. The molecule has 0 spiro atoms. The number of rotatable bonds is 3. The average molecular weight is 211 g/mol. The molecule has 0 fully saturated rings. The number of carbonyl (C=O) groups excluding carboxylic acids is 1. The first-order valence-corrected chi connectivity index (χ1v) is 4.30. The van der Waals surface area contributed by atoms with Gasteiger partial charge in [-0.25, -0.2) is 0 Å². The molecule has 0 aromatic heterocycles. The van der Waals surface area contributed by atoms with Crippen molar-refractivity contribution in [3.63, 3.8) is 0 Å². The van der Waals surface area contributed by atoms with Gasteiger partial charge in [0.1, 0.15) is 6.04 Å². The Morgan fingerprint density at radius 1 is 1.47 bits per heavy atom. The van der Waals surface area contributed by atoms with Gasteiger partial charge in [0.15, 0.2) is 11.5 Å². The number of methoxy groups -OCH3 is 2. The second kappa shape index (κ2) is 4.65. The summed E-state index contributed by atoms with van der Waals surface area (Å²) in [5.74, 6) is -0.270. The van der Waals surface area contributed by atoms with E-state index in [0.717, 1.165) is 0 Å². The second-order valence-corrected chi connectivity index (χ2v) is 2.93. The molecule has 0 aliphatic carbocycles. The topological polar surface area (TPSA) is 81.8 Å². The molecule has 0 amide bonds. The first-order valence-electron chi connectivity index (χ1n) is 4.30. The first kappa shape index (κ1) is 11.3. The van der Waals surface area contributed by atoms with Crippen LogP contribution in [0.5, 0.6) is 11.5 Å². The molecule has 5 nitrogen and oxygen atoms in total. The van der Waals surface area contributed by atoms with Crippen LogP contribution < -0.4 is 10.5 Å². The Kier molecular flexibility index (Phi) is 3.51. The number of esters is 1. The summed E-state index contributed by atoms with van der Waals surface area (Å²) in [6, 6.07) is 3.58. The summed E-state index contributed by atoms with van der Waals surface area (Å²) in [6.07, 6.45) is 0. The van der Waals surface area contributed by atoms with Gasteiger partial charge in [-0.3, -0.25) is 4.79 Å². The monoisotopic (exact) mass is 211 g/mol. The summed E-state index contributed by atoms with van der Waals surface area (Å²) in [5, 5.41) is 9.33. The molecular formula is C10H13NO4. The fraction of sp³-hybridized carbons (Fsp3) is 0.300. The van der Waals surface area contributed by atoms with E-state index in [2.05, 4.69) is 4.74 Å². The smallest absolute Gasteiger partial charge is 0.327 e. The van der Waals surface area contributed by atoms with Crippen LogP contribution in [0.15, 0.2) is 18.2 Å². The molecule has 0 unspecified atom stereocenters. The average Bonchev–Trinajstić information content (AvgIpc) is 2.27. The molecule has 0 aliphatic rings. The van der Waals surface area contributed by atoms with E-state index in [1.54, 1.807) is 6.07 Å². The van der Waals surface area contributed by atoms with Gasteiger partial charge in [0, 0.05) is 0 Å². The molecule has 0 aliphatic heterocycles. The number of hydrogen-bond donors (Lipinski definition) is 2. The number of hydrogen-bond acceptors (Lipinski definition) is 5. The van der Waals surface area contributed by atoms with Gasteiger partial charge in [-0.15, -0.1) is 0 Å². The van der Waals surface area contributed by atoms with Crippen LogP contribution in [0.2, 0.25) is 0 Å². The second-order valence-electron chi connectivity index (χ2n) is 2.93. The maximum Gasteiger partial charge on any atom is 0.327 e. The summed E-state index contributed by atoms with van der Waals surface area (Å²) in [6.45, 7) is 0. The van der Waals surface area contributed by atoms with E-state index in [-0.39, 0.29) is 11.5 Å². The Balaban J connectivity index is 3.00. The largest absolute Gasteiger partial charge is 0.504 e. The lowest BCUT2D eigenvalue weighted by Gasteiger charge is -2.11. The van der Waals surface area contributed by atoms with Crippen molar-refractivity contribution >= 4 is 5.97 Å². The van der Waals surface area contributed by atoms with Crippen molar-refractivity contribution in [3.05, 3.63) is 23.8 Å². The molecule has 0 radical (unpaired) electrons. The Morgan fingerprint density at radius 2 is 2.13 bits per heavy atom. The Morgan fingerprint density at radius 3 is 2.67 bits per heavy atom. The lowest BCUT2D eigenvalue weighted by Crippen LogP contribution is -2.22. The summed E-state index contributed by atoms with van der Waals surface area (Å²) >= 11 is 0. The predicted molar refractivity (Wildman–Crippen MR) is 53.6 cm³/mol. The van der Waals surface area contributed by atoms with Crippen molar-refractivity contribution < 1.29 is 19.4 Å². The first-order chi connectivity index (χ1) is 7.10. The quantitative estimate of drug-likeness (QED) is 0.714. The number of ether oxygens (including phenoxy) is 2. The minimum absolute atomic E-state index is 0.00156. The highest BCUT2D eigenvalue weighted by Gasteiger charge is 2.17. The molecule has 0 saturated heterocycles. The summed E-state index contributed by atoms with van der Waals surface area (Å²) in [7, 11) is 2.68. The van der Waals surface area contributed by atoms with Crippen LogP contribution in [0, 0.1) is 0 Å². The van der Waals surface area contributed by atoms with E-state index in [9.17, 15) is 9.90 Å². The predicted octanol–water partition coefficient (Wildman–Crippen LogP) is 0.574. The summed E-state index contributed by atoms with van der Waals surface area (Å²) in [4.78, 5) is 11.1. The number of phenolic OH excluding ortho intramolecular Hbond substituents is 1. The van der Waals surface area contributed by atoms with Gasteiger partial charge < -0.3 is 20.3 Å². The highest BCUT2D eigenvalue weighted by Crippen LogP contribution is 2.28. The Bertz CT molecular complexity index is 364. The molecule has 5 heteroatoms. The molecule has 1 aromatic carbocycles. The van der Waals surface area contributed by atoms with Gasteiger partial charge in [0.05, 0.1) is 14.2 Å². The van der Waals surface area contributed by atoms with E-state index in [1.165, 1.54) is 26.4 Å². The molecule has 0 bridgehead atoms. The maximum atomic E-state index is 11.1. The SMILES string of the molecule is COC(=O)[C@H](N)c1ccc(O)c(OC)c1. The summed E-state index contributed by atoms with van der Waals surface area (Å²) < 4.78 is 9.39. The molecule has 0 heterocycles. The third-order valence-corrected chi connectivity index (χ3v) is 2.02. The Hall–Kier alpha value is -1.75. The van der Waals surface area contributed by atoms with Crippen LogP contribution in [0.25, 0.3) is 0 Å². The van der Waals surface area contributed by atoms with Gasteiger partial charge in [0.25, 0.3) is 0 Å². The van der Waals surface area contributed by atoms with E-state index >= 15 is 0 Å². The molecule has 1 aromatic rings. The van der Waals surface area contributed by atoms with Gasteiger partial charge in [0.2, 0.25) is 0 Å². The lowest BCUT2D eigenvalue weighted by atomic mass is 10.1. The number of phenols is 1. The third kappa shape index (κ3) is 2.38. The highest BCUT2D eigenvalue weighted by molar-refractivity contribution is 5.77. The maximum absolute atomic E-state index is 11.1. The van der Waals surface area contributed by atoms with Gasteiger partial charge in [-0.05, 0) is 17.7 Å². The standard InChI is InChI=1S/C10H13NO4/c1-14-8-5-6(3-4-7(8)12)9(11)10(13)15-2/h3-5,9,12H,11H2,1-2H3/t9-/m1/s1. The fourth-order valence-corrected chi connectivity index (χ4v) is 1.15. The van der Waals surface area contributed by atoms with E-state index in [4.69, 9.17) is 10.5 Å². The van der Waals surface area contributed by atoms with Crippen LogP contribution in [0.1, 0.15) is 11.6 Å². The lowest BCUT2D eigenvalue weighted by molar-refractivity contribution is -0.142. The molecule has 1 rings (SSSR count). The molecule has 1 atom stereocenters. The van der Waals surface area contributed by atoms with Crippen LogP contribution >= 0.6 is 0 Å². The van der Waals surface area contributed by atoms with Crippen molar-refractivity contribution in [3.8, 4) is 11.5 Å². The number of carbonyl (C=O) groups is 1. The zero-order valence-electron chi connectivity index (χ0n) is 8.56. The van der Waals surface area contributed by atoms with E-state index in [0.29, 0.717) is 5.56 Å². The number of benzene rings is 1. The van der Waals surface area contributed by atoms with E-state index < -0.39 is 12.0 Å². The van der Waals surface area contributed by atoms with Gasteiger partial charge >= 0.3 is 5.97 Å². The van der Waals surface area contributed by atoms with Crippen molar-refractivity contribution in [2.75, 3.05) is 14.2 Å². The van der Waals surface area contributed by atoms with Crippen molar-refractivity contribution in [2.45, 2.75) is 6.04 Å². The van der Waals surface area contributed by atoms with Crippen LogP contribution in [-0.2, 0) is 9.53 Å². The minimum Gasteiger partial charge on any atom is -0.504 e. The highest BCUT2D eigenvalue weighted by atomic mass is 16.5. The summed E-state index contributed by atoms with van der Waals surface area (Å²) in [5.41, 5.74) is 6.14. The fourth-order valence-electron chi connectivity index (χ4n) is 1.15. The van der Waals surface area contributed by atoms with Crippen molar-refractivity contribution in [2.24, 2.45) is 5.73 Å². The molecule has 0 saturated carbocycles. The molecular weight excluding hydrogens is 198 g/mol. The van der Waals surface area contributed by atoms with Crippen LogP contribution in [0.3, 0.4) is 0 Å². The van der Waals surface area contributed by atoms with Crippen molar-refractivity contribution in [1.82, 2.24) is 0 Å². The molecule has 3 N–H and O–H groups in total. The van der Waals surface area contributed by atoms with Crippen LogP contribution in [0.4, 0.5) is 0 Å². The van der Waals surface area contributed by atoms with Gasteiger partial charge in [-0.2, -0.15) is 0 Å². The zero-order valence-corrected chi connectivity index (χ0v) is 8.56. The molecule has 15 heavy (non-hydrogen) atoms. The Labute approximate surface area is 87.4 Å². The number of nitrogens with two attached hydrogens (primary N) is 1.